The Hall–Kier alpha value is -0.840. The molecule has 1 N–H and O–H groups in total. The lowest BCUT2D eigenvalue weighted by molar-refractivity contribution is 0.145. The average Bonchev–Trinajstić information content (AvgIpc) is 2.71. The molecule has 0 aliphatic carbocycles. The van der Waals surface area contributed by atoms with Crippen LogP contribution in [0.25, 0.3) is 10.9 Å². The monoisotopic (exact) mass is 338 g/mol. The van der Waals surface area contributed by atoms with E-state index in [1.165, 1.54) is 21.1 Å². The maximum Gasteiger partial charge on any atom is 0.0494 e. The Labute approximate surface area is 129 Å². The standard InChI is InChI=1S/C16H23BrN2O/c1-3-20-12-6-9-18-10-11-19-13(2)16(17)14-7-4-5-8-15(14)19/h4-5,7-8,18H,3,6,9-12H2,1-2H3. The Balaban J connectivity index is 1.89. The zero-order valence-electron chi connectivity index (χ0n) is 12.3. The molecule has 0 unspecified atom stereocenters. The van der Waals surface area contributed by atoms with E-state index in [2.05, 4.69) is 57.0 Å². The molecule has 110 valence electrons. The maximum absolute atomic E-state index is 5.33. The van der Waals surface area contributed by atoms with Gasteiger partial charge in [-0.05, 0) is 48.8 Å². The lowest BCUT2D eigenvalue weighted by Crippen LogP contribution is -2.22. The first kappa shape index (κ1) is 15.5. The second kappa shape index (κ2) is 7.81. The summed E-state index contributed by atoms with van der Waals surface area (Å²) in [7, 11) is 0. The minimum Gasteiger partial charge on any atom is -0.382 e. The summed E-state index contributed by atoms with van der Waals surface area (Å²) in [5, 5.41) is 4.77. The van der Waals surface area contributed by atoms with E-state index in [4.69, 9.17) is 4.74 Å². The molecule has 4 heteroatoms. The molecule has 0 spiro atoms. The largest absolute Gasteiger partial charge is 0.382 e. The van der Waals surface area contributed by atoms with Crippen molar-refractivity contribution in [1.82, 2.24) is 9.88 Å². The summed E-state index contributed by atoms with van der Waals surface area (Å²) in [5.74, 6) is 0. The van der Waals surface area contributed by atoms with E-state index in [1.54, 1.807) is 0 Å². The van der Waals surface area contributed by atoms with E-state index >= 15 is 0 Å². The fourth-order valence-electron chi connectivity index (χ4n) is 2.44. The van der Waals surface area contributed by atoms with E-state index in [1.807, 2.05) is 6.92 Å². The van der Waals surface area contributed by atoms with E-state index in [0.29, 0.717) is 0 Å². The SMILES string of the molecule is CCOCCCNCCn1c(C)c(Br)c2ccccc21. The highest BCUT2D eigenvalue weighted by atomic mass is 79.9. The Morgan fingerprint density at radius 3 is 2.85 bits per heavy atom. The predicted molar refractivity (Wildman–Crippen MR) is 88.4 cm³/mol. The van der Waals surface area contributed by atoms with E-state index in [9.17, 15) is 0 Å². The van der Waals surface area contributed by atoms with Gasteiger partial charge in [0.05, 0.1) is 0 Å². The Morgan fingerprint density at radius 1 is 1.25 bits per heavy atom. The zero-order chi connectivity index (χ0) is 14.4. The summed E-state index contributed by atoms with van der Waals surface area (Å²) in [6, 6.07) is 8.53. The molecule has 0 aliphatic heterocycles. The molecule has 0 radical (unpaired) electrons. The van der Waals surface area contributed by atoms with Crippen molar-refractivity contribution in [3.05, 3.63) is 34.4 Å². The van der Waals surface area contributed by atoms with Gasteiger partial charge in [-0.1, -0.05) is 18.2 Å². The molecule has 1 aromatic carbocycles. The summed E-state index contributed by atoms with van der Waals surface area (Å²) in [6.07, 6.45) is 1.07. The predicted octanol–water partition coefficient (Wildman–Crippen LogP) is 3.73. The van der Waals surface area contributed by atoms with Gasteiger partial charge in [0, 0.05) is 47.4 Å². The lowest BCUT2D eigenvalue weighted by Gasteiger charge is -2.09. The number of halogens is 1. The van der Waals surface area contributed by atoms with Crippen LogP contribution >= 0.6 is 15.9 Å². The topological polar surface area (TPSA) is 26.2 Å². The number of hydrogen-bond donors (Lipinski definition) is 1. The first-order valence-corrected chi connectivity index (χ1v) is 8.06. The van der Waals surface area contributed by atoms with Gasteiger partial charge in [0.25, 0.3) is 0 Å². The molecule has 1 aromatic heterocycles. The van der Waals surface area contributed by atoms with Crippen molar-refractivity contribution in [2.24, 2.45) is 0 Å². The second-order valence-electron chi connectivity index (χ2n) is 4.87. The van der Waals surface area contributed by atoms with Crippen molar-refractivity contribution < 1.29 is 4.74 Å². The molecule has 0 fully saturated rings. The van der Waals surface area contributed by atoms with Crippen molar-refractivity contribution in [2.45, 2.75) is 26.8 Å². The third kappa shape index (κ3) is 3.62. The molecule has 1 heterocycles. The quantitative estimate of drug-likeness (QED) is 0.742. The van der Waals surface area contributed by atoms with Crippen LogP contribution in [0.5, 0.6) is 0 Å². The van der Waals surface area contributed by atoms with Crippen LogP contribution in [0, 0.1) is 6.92 Å². The van der Waals surface area contributed by atoms with Gasteiger partial charge in [-0.25, -0.2) is 0 Å². The molecule has 0 amide bonds. The molecule has 0 aliphatic rings. The third-order valence-electron chi connectivity index (χ3n) is 3.51. The fourth-order valence-corrected chi connectivity index (χ4v) is 2.99. The molecule has 2 rings (SSSR count). The molecule has 3 nitrogen and oxygen atoms in total. The lowest BCUT2D eigenvalue weighted by atomic mass is 10.2. The van der Waals surface area contributed by atoms with Crippen molar-refractivity contribution in [3.63, 3.8) is 0 Å². The minimum atomic E-state index is 0.808. The van der Waals surface area contributed by atoms with Crippen LogP contribution in [-0.4, -0.2) is 30.9 Å². The first-order valence-electron chi connectivity index (χ1n) is 7.27. The number of fused-ring (bicyclic) bond motifs is 1. The number of rotatable bonds is 8. The number of benzene rings is 1. The number of nitrogens with one attached hydrogen (secondary N) is 1. The van der Waals surface area contributed by atoms with Crippen molar-refractivity contribution in [1.29, 1.82) is 0 Å². The average molecular weight is 339 g/mol. The molecule has 0 saturated heterocycles. The Morgan fingerprint density at radius 2 is 2.05 bits per heavy atom. The van der Waals surface area contributed by atoms with E-state index in [-0.39, 0.29) is 0 Å². The fraction of sp³-hybridized carbons (Fsp3) is 0.500. The molecule has 0 bridgehead atoms. The van der Waals surface area contributed by atoms with E-state index in [0.717, 1.165) is 39.3 Å². The molecule has 20 heavy (non-hydrogen) atoms. The summed E-state index contributed by atoms with van der Waals surface area (Å²) in [6.45, 7) is 8.84. The van der Waals surface area contributed by atoms with Gasteiger partial charge < -0.3 is 14.6 Å². The summed E-state index contributed by atoms with van der Waals surface area (Å²) < 4.78 is 8.91. The van der Waals surface area contributed by atoms with Gasteiger partial charge in [0.2, 0.25) is 0 Å². The number of hydrogen-bond acceptors (Lipinski definition) is 2. The van der Waals surface area contributed by atoms with Crippen molar-refractivity contribution in [2.75, 3.05) is 26.3 Å². The summed E-state index contributed by atoms with van der Waals surface area (Å²) in [5.41, 5.74) is 2.59. The Bertz CT molecular complexity index is 551. The summed E-state index contributed by atoms with van der Waals surface area (Å²) >= 11 is 3.69. The number of ether oxygens (including phenoxy) is 1. The highest BCUT2D eigenvalue weighted by molar-refractivity contribution is 9.10. The van der Waals surface area contributed by atoms with Crippen LogP contribution < -0.4 is 5.32 Å². The minimum absolute atomic E-state index is 0.808. The number of aromatic nitrogens is 1. The van der Waals surface area contributed by atoms with Gasteiger partial charge in [0.1, 0.15) is 0 Å². The van der Waals surface area contributed by atoms with Crippen molar-refractivity contribution >= 4 is 26.8 Å². The van der Waals surface area contributed by atoms with Gasteiger partial charge >= 0.3 is 0 Å². The molecular formula is C16H23BrN2O. The smallest absolute Gasteiger partial charge is 0.0494 e. The molecule has 0 saturated carbocycles. The normalized spacial score (nSPS) is 11.3. The maximum atomic E-state index is 5.33. The van der Waals surface area contributed by atoms with Crippen LogP contribution in [0.3, 0.4) is 0 Å². The van der Waals surface area contributed by atoms with E-state index < -0.39 is 0 Å². The van der Waals surface area contributed by atoms with Gasteiger partial charge in [-0.3, -0.25) is 0 Å². The van der Waals surface area contributed by atoms with Gasteiger partial charge in [0.15, 0.2) is 0 Å². The molecule has 2 aromatic rings. The molecule has 0 atom stereocenters. The highest BCUT2D eigenvalue weighted by Gasteiger charge is 2.10. The van der Waals surface area contributed by atoms with Crippen LogP contribution in [0.4, 0.5) is 0 Å². The van der Waals surface area contributed by atoms with Crippen LogP contribution in [0.2, 0.25) is 0 Å². The van der Waals surface area contributed by atoms with Gasteiger partial charge in [-0.15, -0.1) is 0 Å². The highest BCUT2D eigenvalue weighted by Crippen LogP contribution is 2.30. The number of nitrogens with zero attached hydrogens (tertiary/aromatic N) is 1. The van der Waals surface area contributed by atoms with Gasteiger partial charge in [-0.2, -0.15) is 0 Å². The first-order chi connectivity index (χ1) is 9.75. The zero-order valence-corrected chi connectivity index (χ0v) is 13.9. The Kier molecular flexibility index (Phi) is 6.07. The number of para-hydroxylation sites is 1. The second-order valence-corrected chi connectivity index (χ2v) is 5.66. The third-order valence-corrected chi connectivity index (χ3v) is 4.51. The summed E-state index contributed by atoms with van der Waals surface area (Å²) in [4.78, 5) is 0. The molecular weight excluding hydrogens is 316 g/mol. The van der Waals surface area contributed by atoms with Crippen molar-refractivity contribution in [3.8, 4) is 0 Å². The van der Waals surface area contributed by atoms with Crippen LogP contribution in [0.15, 0.2) is 28.7 Å². The van der Waals surface area contributed by atoms with Crippen LogP contribution in [-0.2, 0) is 11.3 Å². The van der Waals surface area contributed by atoms with Crippen LogP contribution in [0.1, 0.15) is 19.0 Å².